The predicted octanol–water partition coefficient (Wildman–Crippen LogP) is 2.29. The Balaban J connectivity index is 2.82. The summed E-state index contributed by atoms with van der Waals surface area (Å²) in [6.45, 7) is 1.06. The summed E-state index contributed by atoms with van der Waals surface area (Å²) in [5.74, 6) is 0.112. The lowest BCUT2D eigenvalue weighted by molar-refractivity contribution is -0.384. The highest BCUT2D eigenvalue weighted by atomic mass is 31.2. The fourth-order valence-corrected chi connectivity index (χ4v) is 1.37. The molecule has 1 unspecified atom stereocenters. The van der Waals surface area contributed by atoms with Crippen molar-refractivity contribution in [2.75, 3.05) is 6.66 Å². The molecule has 82 valence electrons. The molecule has 0 aliphatic carbocycles. The van der Waals surface area contributed by atoms with Gasteiger partial charge in [-0.3, -0.25) is 10.1 Å². The van der Waals surface area contributed by atoms with Crippen molar-refractivity contribution in [3.8, 4) is 5.75 Å². The van der Waals surface area contributed by atoms with E-state index in [1.165, 1.54) is 24.3 Å². The highest BCUT2D eigenvalue weighted by molar-refractivity contribution is 7.53. The molecular formula is C7H8NO6P. The van der Waals surface area contributed by atoms with Gasteiger partial charge < -0.3 is 4.52 Å². The molecule has 0 fully saturated rings. The van der Waals surface area contributed by atoms with Crippen molar-refractivity contribution in [1.29, 1.82) is 0 Å². The zero-order valence-electron chi connectivity index (χ0n) is 7.69. The van der Waals surface area contributed by atoms with Crippen LogP contribution in [0.15, 0.2) is 24.3 Å². The van der Waals surface area contributed by atoms with Gasteiger partial charge in [0.05, 0.1) is 11.6 Å². The Kier molecular flexibility index (Phi) is 3.41. The second-order valence-corrected chi connectivity index (χ2v) is 4.58. The van der Waals surface area contributed by atoms with Gasteiger partial charge in [0, 0.05) is 12.1 Å². The molecule has 8 heteroatoms. The van der Waals surface area contributed by atoms with E-state index in [1.807, 2.05) is 0 Å². The van der Waals surface area contributed by atoms with E-state index in [2.05, 4.69) is 4.67 Å². The summed E-state index contributed by atoms with van der Waals surface area (Å²) >= 11 is 0. The standard InChI is InChI=1S/C7H8NO6P/c1-15(12,14-11)13-7-4-2-6(3-5-7)8(9)10/h2-5,11H,1H3. The maximum atomic E-state index is 11.1. The van der Waals surface area contributed by atoms with Gasteiger partial charge in [-0.15, -0.1) is 4.67 Å². The zero-order valence-corrected chi connectivity index (χ0v) is 8.59. The van der Waals surface area contributed by atoms with Crippen LogP contribution in [0.3, 0.4) is 0 Å². The topological polar surface area (TPSA) is 98.9 Å². The van der Waals surface area contributed by atoms with Crippen LogP contribution in [0.1, 0.15) is 0 Å². The Morgan fingerprint density at radius 1 is 1.40 bits per heavy atom. The summed E-state index contributed by atoms with van der Waals surface area (Å²) in [7, 11) is -3.55. The van der Waals surface area contributed by atoms with Crippen LogP contribution in [-0.4, -0.2) is 16.8 Å². The average molecular weight is 233 g/mol. The van der Waals surface area contributed by atoms with Gasteiger partial charge >= 0.3 is 7.60 Å². The van der Waals surface area contributed by atoms with Gasteiger partial charge in [0.25, 0.3) is 5.69 Å². The lowest BCUT2D eigenvalue weighted by Gasteiger charge is -2.10. The number of nitro benzene ring substituents is 1. The monoisotopic (exact) mass is 233 g/mol. The molecule has 1 aromatic rings. The molecule has 0 saturated carbocycles. The van der Waals surface area contributed by atoms with E-state index in [-0.39, 0.29) is 11.4 Å². The van der Waals surface area contributed by atoms with Crippen LogP contribution in [0.25, 0.3) is 0 Å². The van der Waals surface area contributed by atoms with Gasteiger partial charge in [-0.1, -0.05) is 0 Å². The minimum absolute atomic E-state index is 0.112. The molecule has 0 spiro atoms. The first-order valence-corrected chi connectivity index (χ1v) is 5.78. The molecule has 1 atom stereocenters. The average Bonchev–Trinajstić information content (AvgIpc) is 2.18. The summed E-state index contributed by atoms with van der Waals surface area (Å²) in [5.41, 5.74) is -0.113. The summed E-state index contributed by atoms with van der Waals surface area (Å²) in [6.07, 6.45) is 0. The molecular weight excluding hydrogens is 225 g/mol. The first-order chi connectivity index (χ1) is 6.94. The molecule has 0 heterocycles. The van der Waals surface area contributed by atoms with Crippen molar-refractivity contribution in [3.63, 3.8) is 0 Å². The SMILES string of the molecule is CP(=O)(OO)Oc1ccc([N+](=O)[O-])cc1. The Bertz CT molecular complexity index is 402. The van der Waals surface area contributed by atoms with E-state index >= 15 is 0 Å². The van der Waals surface area contributed by atoms with Gasteiger partial charge in [-0.2, -0.15) is 0 Å². The predicted molar refractivity (Wildman–Crippen MR) is 51.0 cm³/mol. The van der Waals surface area contributed by atoms with Crippen LogP contribution in [0.5, 0.6) is 5.75 Å². The summed E-state index contributed by atoms with van der Waals surface area (Å²) in [4.78, 5) is 9.73. The minimum atomic E-state index is -3.55. The molecule has 0 bridgehead atoms. The smallest absolute Gasteiger partial charge is 0.402 e. The van der Waals surface area contributed by atoms with Crippen molar-refractivity contribution in [1.82, 2.24) is 0 Å². The van der Waals surface area contributed by atoms with Crippen molar-refractivity contribution >= 4 is 13.3 Å². The minimum Gasteiger partial charge on any atom is -0.423 e. The highest BCUT2D eigenvalue weighted by Gasteiger charge is 2.18. The lowest BCUT2D eigenvalue weighted by atomic mass is 10.3. The molecule has 0 saturated heterocycles. The van der Waals surface area contributed by atoms with Crippen LogP contribution >= 0.6 is 7.60 Å². The molecule has 15 heavy (non-hydrogen) atoms. The van der Waals surface area contributed by atoms with Gasteiger partial charge in [0.15, 0.2) is 0 Å². The highest BCUT2D eigenvalue weighted by Crippen LogP contribution is 2.43. The molecule has 0 amide bonds. The van der Waals surface area contributed by atoms with Gasteiger partial charge in [-0.25, -0.2) is 9.82 Å². The van der Waals surface area contributed by atoms with Crippen LogP contribution < -0.4 is 4.52 Å². The van der Waals surface area contributed by atoms with E-state index in [1.54, 1.807) is 0 Å². The van der Waals surface area contributed by atoms with E-state index in [0.29, 0.717) is 0 Å². The van der Waals surface area contributed by atoms with Gasteiger partial charge in [0.1, 0.15) is 5.75 Å². The normalized spacial score (nSPS) is 14.3. The molecule has 0 aliphatic rings. The molecule has 0 aromatic heterocycles. The molecule has 7 nitrogen and oxygen atoms in total. The molecule has 1 rings (SSSR count). The quantitative estimate of drug-likeness (QED) is 0.370. The third kappa shape index (κ3) is 3.32. The number of hydrogen-bond acceptors (Lipinski definition) is 6. The van der Waals surface area contributed by atoms with Crippen LogP contribution in [0.2, 0.25) is 0 Å². The maximum absolute atomic E-state index is 11.1. The third-order valence-electron chi connectivity index (χ3n) is 1.47. The van der Waals surface area contributed by atoms with E-state index in [4.69, 9.17) is 9.78 Å². The first-order valence-electron chi connectivity index (χ1n) is 3.79. The van der Waals surface area contributed by atoms with Gasteiger partial charge in [-0.05, 0) is 12.1 Å². The summed E-state index contributed by atoms with van der Waals surface area (Å²) < 4.78 is 19.5. The molecule has 0 radical (unpaired) electrons. The Labute approximate surface area is 84.9 Å². The fourth-order valence-electron chi connectivity index (χ4n) is 0.837. The first kappa shape index (κ1) is 11.6. The van der Waals surface area contributed by atoms with Crippen LogP contribution in [0, 0.1) is 10.1 Å². The summed E-state index contributed by atoms with van der Waals surface area (Å²) in [5, 5.41) is 18.5. The number of non-ortho nitro benzene ring substituents is 1. The number of benzene rings is 1. The number of rotatable bonds is 4. The van der Waals surface area contributed by atoms with Gasteiger partial charge in [0.2, 0.25) is 0 Å². The van der Waals surface area contributed by atoms with Crippen molar-refractivity contribution in [2.45, 2.75) is 0 Å². The Morgan fingerprint density at radius 2 is 1.93 bits per heavy atom. The van der Waals surface area contributed by atoms with Crippen molar-refractivity contribution in [2.24, 2.45) is 0 Å². The second kappa shape index (κ2) is 4.39. The van der Waals surface area contributed by atoms with Crippen molar-refractivity contribution < 1.29 is 23.9 Å². The van der Waals surface area contributed by atoms with Crippen molar-refractivity contribution in [3.05, 3.63) is 34.4 Å². The molecule has 1 N–H and O–H groups in total. The maximum Gasteiger partial charge on any atom is 0.402 e. The Hall–Kier alpha value is -1.43. The van der Waals surface area contributed by atoms with E-state index in [0.717, 1.165) is 6.66 Å². The Morgan fingerprint density at radius 3 is 2.33 bits per heavy atom. The fraction of sp³-hybridized carbons (Fsp3) is 0.143. The zero-order chi connectivity index (χ0) is 11.5. The number of nitro groups is 1. The third-order valence-corrected chi connectivity index (χ3v) is 2.31. The largest absolute Gasteiger partial charge is 0.423 e. The lowest BCUT2D eigenvalue weighted by Crippen LogP contribution is -1.94. The summed E-state index contributed by atoms with van der Waals surface area (Å²) in [6, 6.07) is 4.89. The number of nitrogens with zero attached hydrogens (tertiary/aromatic N) is 1. The number of hydrogen-bond donors (Lipinski definition) is 1. The van der Waals surface area contributed by atoms with E-state index in [9.17, 15) is 14.7 Å². The van der Waals surface area contributed by atoms with Crippen LogP contribution in [0.4, 0.5) is 5.69 Å². The second-order valence-electron chi connectivity index (χ2n) is 2.70. The van der Waals surface area contributed by atoms with Crippen LogP contribution in [-0.2, 0) is 9.24 Å². The molecule has 0 aliphatic heterocycles. The van der Waals surface area contributed by atoms with E-state index < -0.39 is 12.5 Å². The molecule has 1 aromatic carbocycles.